The molecule has 2 spiro atoms. The highest BCUT2D eigenvalue weighted by atomic mass is 16.1. The van der Waals surface area contributed by atoms with Gasteiger partial charge in [-0.1, -0.05) is 32.1 Å². The van der Waals surface area contributed by atoms with Gasteiger partial charge in [0.15, 0.2) is 5.78 Å². The molecule has 1 N–H and O–H groups in total. The van der Waals surface area contributed by atoms with Crippen LogP contribution in [-0.4, -0.2) is 18.9 Å². The molecule has 2 heteroatoms. The lowest BCUT2D eigenvalue weighted by atomic mass is 9.44. The zero-order valence-electron chi connectivity index (χ0n) is 17.1. The van der Waals surface area contributed by atoms with E-state index in [0.29, 0.717) is 22.7 Å². The second kappa shape index (κ2) is 4.93. The quantitative estimate of drug-likeness (QED) is 0.528. The Bertz CT molecular complexity index is 736. The fraction of sp³-hybridized carbons (Fsp3) is 0.792. The largest absolute Gasteiger partial charge is 0.313 e. The van der Waals surface area contributed by atoms with Crippen LogP contribution < -0.4 is 5.32 Å². The van der Waals surface area contributed by atoms with Crippen LogP contribution in [-0.2, 0) is 4.79 Å². The monoisotopic (exact) mass is 353 g/mol. The molecule has 5 fully saturated rings. The number of ketones is 1. The molecule has 5 aliphatic rings. The molecule has 5 aliphatic carbocycles. The van der Waals surface area contributed by atoms with Gasteiger partial charge in [-0.15, -0.1) is 0 Å². The summed E-state index contributed by atoms with van der Waals surface area (Å²) in [5.74, 6) is 1.89. The third kappa shape index (κ3) is 1.60. The minimum atomic E-state index is 0.102. The van der Waals surface area contributed by atoms with Gasteiger partial charge in [-0.05, 0) is 92.6 Å². The molecule has 7 atom stereocenters. The van der Waals surface area contributed by atoms with Crippen molar-refractivity contribution in [2.45, 2.75) is 78.2 Å². The molecule has 0 unspecified atom stereocenters. The van der Waals surface area contributed by atoms with Crippen molar-refractivity contribution in [3.8, 4) is 0 Å². The number of hydrogen-bond donors (Lipinski definition) is 1. The van der Waals surface area contributed by atoms with Gasteiger partial charge in [0.05, 0.1) is 0 Å². The Morgan fingerprint density at radius 1 is 1.12 bits per heavy atom. The molecule has 0 aliphatic heterocycles. The summed E-state index contributed by atoms with van der Waals surface area (Å²) < 4.78 is 0. The summed E-state index contributed by atoms with van der Waals surface area (Å²) in [7, 11) is 2.10. The molecule has 0 amide bonds. The first kappa shape index (κ1) is 17.2. The van der Waals surface area contributed by atoms with Crippen LogP contribution in [0.15, 0.2) is 23.8 Å². The lowest BCUT2D eigenvalue weighted by Crippen LogP contribution is -2.54. The van der Waals surface area contributed by atoms with E-state index in [2.05, 4.69) is 45.8 Å². The minimum Gasteiger partial charge on any atom is -0.313 e. The number of fused-ring (bicyclic) bond motifs is 2. The van der Waals surface area contributed by atoms with E-state index in [1.807, 2.05) is 0 Å². The number of likely N-dealkylation sites (N-methyl/N-ethyl adjacent to an activating group) is 1. The molecule has 5 saturated carbocycles. The summed E-state index contributed by atoms with van der Waals surface area (Å²) in [6, 6.07) is 0.520. The number of carbonyl (C=O) groups excluding carboxylic acids is 1. The summed E-state index contributed by atoms with van der Waals surface area (Å²) in [5, 5.41) is 3.51. The van der Waals surface area contributed by atoms with Crippen LogP contribution in [0.5, 0.6) is 0 Å². The first-order chi connectivity index (χ1) is 12.3. The van der Waals surface area contributed by atoms with Crippen LogP contribution >= 0.6 is 0 Å². The van der Waals surface area contributed by atoms with Crippen LogP contribution in [0.2, 0.25) is 0 Å². The summed E-state index contributed by atoms with van der Waals surface area (Å²) in [6.07, 6.45) is 12.1. The summed E-state index contributed by atoms with van der Waals surface area (Å²) in [6.45, 7) is 11.5. The third-order valence-electron chi connectivity index (χ3n) is 10.5. The van der Waals surface area contributed by atoms with Crippen molar-refractivity contribution >= 4 is 5.78 Å². The zero-order chi connectivity index (χ0) is 18.5. The number of Topliss-reactive ketones (excluding diaryl/α,β-unsaturated/α-hetero) is 1. The lowest BCUT2D eigenvalue weighted by molar-refractivity contribution is -0.118. The Morgan fingerprint density at radius 3 is 2.58 bits per heavy atom. The second-order valence-corrected chi connectivity index (χ2v) is 10.7. The Hall–Kier alpha value is -0.890. The highest BCUT2D eigenvalue weighted by molar-refractivity contribution is 6.00. The third-order valence-corrected chi connectivity index (χ3v) is 10.5. The minimum absolute atomic E-state index is 0.102. The Labute approximate surface area is 158 Å². The molecule has 0 aromatic rings. The summed E-state index contributed by atoms with van der Waals surface area (Å²) in [4.78, 5) is 12.9. The number of nitrogens with one attached hydrogen (secondary N) is 1. The zero-order valence-corrected chi connectivity index (χ0v) is 17.1. The van der Waals surface area contributed by atoms with E-state index < -0.39 is 0 Å². The van der Waals surface area contributed by atoms with E-state index in [-0.39, 0.29) is 10.8 Å². The normalized spacial score (nSPS) is 56.6. The van der Waals surface area contributed by atoms with E-state index in [0.717, 1.165) is 23.8 Å². The first-order valence-electron chi connectivity index (χ1n) is 10.9. The molecular formula is C24H35NO. The summed E-state index contributed by atoms with van der Waals surface area (Å²) in [5.41, 5.74) is 3.94. The van der Waals surface area contributed by atoms with Gasteiger partial charge in [0.2, 0.25) is 0 Å². The van der Waals surface area contributed by atoms with Crippen molar-refractivity contribution < 1.29 is 4.79 Å². The summed E-state index contributed by atoms with van der Waals surface area (Å²) >= 11 is 0. The molecule has 0 radical (unpaired) electrons. The van der Waals surface area contributed by atoms with Gasteiger partial charge in [-0.3, -0.25) is 4.79 Å². The van der Waals surface area contributed by atoms with Crippen molar-refractivity contribution in [1.82, 2.24) is 5.32 Å². The van der Waals surface area contributed by atoms with Crippen LogP contribution in [0.25, 0.3) is 0 Å². The molecule has 0 bridgehead atoms. The Balaban J connectivity index is 1.56. The first-order valence-corrected chi connectivity index (χ1v) is 10.9. The predicted molar refractivity (Wildman–Crippen MR) is 106 cm³/mol. The van der Waals surface area contributed by atoms with Gasteiger partial charge in [0.25, 0.3) is 0 Å². The van der Waals surface area contributed by atoms with E-state index in [1.165, 1.54) is 50.5 Å². The number of carbonyl (C=O) groups is 1. The highest BCUT2D eigenvalue weighted by Gasteiger charge is 2.81. The average Bonchev–Trinajstić information content (AvgIpc) is 3.21. The van der Waals surface area contributed by atoms with Crippen LogP contribution in [0.3, 0.4) is 0 Å². The SMILES string of the molecule is C=C1[C@@H](NC)CC[C@]23C[C@]24CC[C@]2(C)/C(=C\C)C(=O)C[C@@]2(C)[C@@H]4CC[C@@H]13. The van der Waals surface area contributed by atoms with Crippen LogP contribution in [0.4, 0.5) is 0 Å². The van der Waals surface area contributed by atoms with Gasteiger partial charge < -0.3 is 5.32 Å². The number of hydrogen-bond acceptors (Lipinski definition) is 2. The van der Waals surface area contributed by atoms with E-state index in [1.54, 1.807) is 0 Å². The molecule has 26 heavy (non-hydrogen) atoms. The van der Waals surface area contributed by atoms with E-state index in [9.17, 15) is 4.79 Å². The Morgan fingerprint density at radius 2 is 1.88 bits per heavy atom. The van der Waals surface area contributed by atoms with Crippen molar-refractivity contribution in [3.05, 3.63) is 23.8 Å². The highest BCUT2D eigenvalue weighted by Crippen LogP contribution is 2.87. The number of rotatable bonds is 1. The number of allylic oxidation sites excluding steroid dienone is 2. The van der Waals surface area contributed by atoms with Gasteiger partial charge in [0.1, 0.15) is 0 Å². The molecular weight excluding hydrogens is 318 g/mol. The standard InChI is InChI=1S/C24H35NO/c1-6-16-19(26)13-22(4)20-8-7-17-15(2)18(25-5)9-10-23(17)14-24(20,23)12-11-21(16,22)3/h6,17-18,20,25H,2,7-14H2,1,3-5H3/b16-6-/t17-,18-,20-,21+,22-,23+,24-/m0/s1. The van der Waals surface area contributed by atoms with Crippen molar-refractivity contribution in [2.75, 3.05) is 7.05 Å². The molecule has 0 heterocycles. The van der Waals surface area contributed by atoms with Crippen molar-refractivity contribution in [2.24, 2.45) is 33.5 Å². The van der Waals surface area contributed by atoms with Crippen molar-refractivity contribution in [1.29, 1.82) is 0 Å². The maximum Gasteiger partial charge on any atom is 0.159 e. The molecule has 142 valence electrons. The topological polar surface area (TPSA) is 29.1 Å². The van der Waals surface area contributed by atoms with Crippen LogP contribution in [0, 0.1) is 33.5 Å². The van der Waals surface area contributed by atoms with Gasteiger partial charge in [0, 0.05) is 17.9 Å². The predicted octanol–water partition coefficient (Wildman–Crippen LogP) is 5.05. The molecule has 2 nitrogen and oxygen atoms in total. The molecule has 0 aromatic carbocycles. The van der Waals surface area contributed by atoms with Gasteiger partial charge in [-0.2, -0.15) is 0 Å². The van der Waals surface area contributed by atoms with Gasteiger partial charge in [-0.25, -0.2) is 0 Å². The fourth-order valence-corrected chi connectivity index (χ4v) is 9.12. The molecule has 0 saturated heterocycles. The smallest absolute Gasteiger partial charge is 0.159 e. The molecule has 5 rings (SSSR count). The van der Waals surface area contributed by atoms with E-state index >= 15 is 0 Å². The van der Waals surface area contributed by atoms with Crippen LogP contribution in [0.1, 0.15) is 72.1 Å². The van der Waals surface area contributed by atoms with Gasteiger partial charge >= 0.3 is 0 Å². The fourth-order valence-electron chi connectivity index (χ4n) is 9.12. The maximum atomic E-state index is 12.9. The van der Waals surface area contributed by atoms with Crippen molar-refractivity contribution in [3.63, 3.8) is 0 Å². The molecule has 0 aromatic heterocycles. The lowest BCUT2D eigenvalue weighted by Gasteiger charge is -2.60. The Kier molecular flexibility index (Phi) is 3.27. The maximum absolute atomic E-state index is 12.9. The average molecular weight is 354 g/mol. The van der Waals surface area contributed by atoms with E-state index in [4.69, 9.17) is 0 Å². The second-order valence-electron chi connectivity index (χ2n) is 10.7.